The van der Waals surface area contributed by atoms with Crippen LogP contribution in [-0.4, -0.2) is 57.5 Å². The predicted molar refractivity (Wildman–Crippen MR) is 125 cm³/mol. The molecule has 1 aromatic carbocycles. The zero-order valence-corrected chi connectivity index (χ0v) is 20.9. The van der Waals surface area contributed by atoms with Crippen LogP contribution in [0.3, 0.4) is 0 Å². The summed E-state index contributed by atoms with van der Waals surface area (Å²) in [7, 11) is 0. The number of aliphatic hydroxyl groups excluding tert-OH is 2. The highest BCUT2D eigenvalue weighted by atomic mass is 35.5. The summed E-state index contributed by atoms with van der Waals surface area (Å²) in [6, 6.07) is 8.79. The highest BCUT2D eigenvalue weighted by molar-refractivity contribution is 6.30. The molecular weight excluding hydrogens is 460 g/mol. The molecular formula is C26H35ClO7. The molecule has 7 nitrogen and oxygen atoms in total. The maximum absolute atomic E-state index is 13.3. The van der Waals surface area contributed by atoms with Crippen LogP contribution in [-0.2, 0) is 23.8 Å². The number of fused-ring (bicyclic) bond motifs is 4. The monoisotopic (exact) mass is 494 g/mol. The van der Waals surface area contributed by atoms with Gasteiger partial charge in [0.05, 0.1) is 0 Å². The summed E-state index contributed by atoms with van der Waals surface area (Å²) >= 11 is 6.42. The van der Waals surface area contributed by atoms with E-state index in [1.165, 1.54) is 0 Å². The third-order valence-corrected chi connectivity index (χ3v) is 8.86. The summed E-state index contributed by atoms with van der Waals surface area (Å²) in [5.74, 6) is -1.15. The average molecular weight is 495 g/mol. The molecule has 2 unspecified atom stereocenters. The molecule has 9 atom stereocenters. The summed E-state index contributed by atoms with van der Waals surface area (Å²) in [4.78, 5) is 25.3. The topological polar surface area (TPSA) is 102 Å². The number of ether oxygens (including phenoxy) is 3. The Morgan fingerprint density at radius 2 is 1.88 bits per heavy atom. The summed E-state index contributed by atoms with van der Waals surface area (Å²) < 4.78 is 18.6. The lowest BCUT2D eigenvalue weighted by atomic mass is 9.69. The van der Waals surface area contributed by atoms with Crippen LogP contribution in [0.15, 0.2) is 30.3 Å². The number of carbonyl (C=O) groups is 2. The Hall–Kier alpha value is -1.67. The fourth-order valence-corrected chi connectivity index (χ4v) is 6.78. The van der Waals surface area contributed by atoms with Crippen molar-refractivity contribution in [2.24, 2.45) is 23.7 Å². The van der Waals surface area contributed by atoms with Crippen molar-refractivity contribution in [3.63, 3.8) is 0 Å². The van der Waals surface area contributed by atoms with Crippen LogP contribution in [0.1, 0.15) is 58.6 Å². The van der Waals surface area contributed by atoms with Crippen molar-refractivity contribution in [1.82, 2.24) is 0 Å². The number of hydrogen-bond acceptors (Lipinski definition) is 7. The van der Waals surface area contributed by atoms with Crippen molar-refractivity contribution in [2.45, 2.75) is 81.8 Å². The maximum Gasteiger partial charge on any atom is 0.332 e. The number of alkyl halides is 1. The molecule has 2 heterocycles. The van der Waals surface area contributed by atoms with E-state index in [9.17, 15) is 19.8 Å². The van der Waals surface area contributed by atoms with Crippen LogP contribution in [0.5, 0.6) is 0 Å². The van der Waals surface area contributed by atoms with Gasteiger partial charge in [-0.15, -0.1) is 11.6 Å². The first-order chi connectivity index (χ1) is 16.0. The first kappa shape index (κ1) is 25.4. The van der Waals surface area contributed by atoms with Crippen molar-refractivity contribution >= 4 is 23.5 Å². The van der Waals surface area contributed by atoms with Crippen LogP contribution >= 0.6 is 11.6 Å². The lowest BCUT2D eigenvalue weighted by molar-refractivity contribution is -0.266. The van der Waals surface area contributed by atoms with Gasteiger partial charge in [-0.2, -0.15) is 0 Å². The Bertz CT molecular complexity index is 908. The SMILES string of the molecule is CC(C)[C@@]12C[C@@H](OC(=O)CO)[C@@](C)(O1)[C@@H]1CC[C@@H](C)[C@H]1[C@@H]2OC(=O)C(Cl)C(O)c1ccccc1. The van der Waals surface area contributed by atoms with Crippen molar-refractivity contribution in [3.05, 3.63) is 35.9 Å². The standard InChI is InChI=1S/C26H35ClO7/c1-14(2)26-12-18(32-19(29)13-28)25(4,34-26)17-11-10-15(3)20(17)23(26)33-24(31)21(27)22(30)16-8-6-5-7-9-16/h5-9,14-15,17-18,20-23,28,30H,10-13H2,1-4H3/t15-,17-,18-,20-,21?,22?,23+,25+,26-/m1/s1. The van der Waals surface area contributed by atoms with Gasteiger partial charge in [0.1, 0.15) is 36.1 Å². The van der Waals surface area contributed by atoms with E-state index in [-0.39, 0.29) is 23.7 Å². The van der Waals surface area contributed by atoms with E-state index in [1.807, 2.05) is 26.8 Å². The number of halogens is 1. The van der Waals surface area contributed by atoms with E-state index in [0.29, 0.717) is 12.0 Å². The van der Waals surface area contributed by atoms with Gasteiger partial charge < -0.3 is 24.4 Å². The van der Waals surface area contributed by atoms with Crippen molar-refractivity contribution in [1.29, 1.82) is 0 Å². The smallest absolute Gasteiger partial charge is 0.332 e. The van der Waals surface area contributed by atoms with Gasteiger partial charge in [0.15, 0.2) is 5.38 Å². The molecule has 2 N–H and O–H groups in total. The number of benzene rings is 1. The summed E-state index contributed by atoms with van der Waals surface area (Å²) in [6.45, 7) is 7.45. The number of carbonyl (C=O) groups excluding carboxylic acids is 2. The second-order valence-corrected chi connectivity index (χ2v) is 11.1. The fourth-order valence-electron chi connectivity index (χ4n) is 6.58. The summed E-state index contributed by atoms with van der Waals surface area (Å²) in [6.07, 6.45) is -0.212. The van der Waals surface area contributed by atoms with Crippen LogP contribution in [0, 0.1) is 23.7 Å². The van der Waals surface area contributed by atoms with Gasteiger partial charge in [0.25, 0.3) is 0 Å². The highest BCUT2D eigenvalue weighted by Gasteiger charge is 2.72. The van der Waals surface area contributed by atoms with Crippen molar-refractivity contribution < 1.29 is 34.0 Å². The first-order valence-electron chi connectivity index (χ1n) is 12.1. The van der Waals surface area contributed by atoms with Gasteiger partial charge in [0, 0.05) is 12.3 Å². The lowest BCUT2D eigenvalue weighted by Crippen LogP contribution is -2.62. The van der Waals surface area contributed by atoms with Crippen molar-refractivity contribution in [2.75, 3.05) is 6.61 Å². The molecule has 1 aromatic rings. The quantitative estimate of drug-likeness (QED) is 0.442. The van der Waals surface area contributed by atoms with E-state index < -0.39 is 53.4 Å². The van der Waals surface area contributed by atoms with Gasteiger partial charge in [-0.05, 0) is 43.1 Å². The van der Waals surface area contributed by atoms with Crippen LogP contribution in [0.2, 0.25) is 0 Å². The summed E-state index contributed by atoms with van der Waals surface area (Å²) in [5, 5.41) is 18.7. The third-order valence-electron chi connectivity index (χ3n) is 8.44. The Morgan fingerprint density at radius 3 is 2.50 bits per heavy atom. The Kier molecular flexibility index (Phi) is 7.04. The van der Waals surface area contributed by atoms with Crippen molar-refractivity contribution in [3.8, 4) is 0 Å². The second kappa shape index (κ2) is 9.41. The van der Waals surface area contributed by atoms with E-state index in [2.05, 4.69) is 6.92 Å². The molecule has 3 fully saturated rings. The number of hydrogen-bond donors (Lipinski definition) is 2. The van der Waals surface area contributed by atoms with Gasteiger partial charge in [0.2, 0.25) is 0 Å². The fraction of sp³-hybridized carbons (Fsp3) is 0.692. The number of rotatable bonds is 7. The van der Waals surface area contributed by atoms with Gasteiger partial charge in [-0.25, -0.2) is 4.79 Å². The molecule has 34 heavy (non-hydrogen) atoms. The maximum atomic E-state index is 13.3. The summed E-state index contributed by atoms with van der Waals surface area (Å²) in [5.41, 5.74) is -1.08. The lowest BCUT2D eigenvalue weighted by Gasteiger charge is -2.53. The minimum atomic E-state index is -1.28. The second-order valence-electron chi connectivity index (χ2n) is 10.6. The molecule has 2 bridgehead atoms. The van der Waals surface area contributed by atoms with Gasteiger partial charge in [-0.3, -0.25) is 4.79 Å². The van der Waals surface area contributed by atoms with Gasteiger partial charge >= 0.3 is 11.9 Å². The van der Waals surface area contributed by atoms with E-state index in [1.54, 1.807) is 24.3 Å². The molecule has 2 aliphatic heterocycles. The minimum absolute atomic E-state index is 0.000614. The normalized spacial score (nSPS) is 38.3. The van der Waals surface area contributed by atoms with E-state index >= 15 is 0 Å². The number of esters is 2. The zero-order valence-electron chi connectivity index (χ0n) is 20.1. The molecule has 4 rings (SSSR count). The zero-order chi connectivity index (χ0) is 24.8. The van der Waals surface area contributed by atoms with Crippen LogP contribution in [0.4, 0.5) is 0 Å². The average Bonchev–Trinajstić information content (AvgIpc) is 3.34. The molecule has 3 aliphatic rings. The minimum Gasteiger partial charge on any atom is -0.458 e. The van der Waals surface area contributed by atoms with E-state index in [0.717, 1.165) is 12.8 Å². The first-order valence-corrected chi connectivity index (χ1v) is 12.6. The van der Waals surface area contributed by atoms with E-state index in [4.69, 9.17) is 25.8 Å². The Labute approximate surface area is 205 Å². The molecule has 2 saturated heterocycles. The molecule has 0 amide bonds. The molecule has 1 aliphatic carbocycles. The largest absolute Gasteiger partial charge is 0.458 e. The van der Waals surface area contributed by atoms with Crippen LogP contribution < -0.4 is 0 Å². The Morgan fingerprint density at radius 1 is 1.21 bits per heavy atom. The van der Waals surface area contributed by atoms with Crippen LogP contribution in [0.25, 0.3) is 0 Å². The Balaban J connectivity index is 1.66. The molecule has 0 spiro atoms. The number of aliphatic hydroxyl groups is 2. The van der Waals surface area contributed by atoms with Gasteiger partial charge in [-0.1, -0.05) is 51.1 Å². The third kappa shape index (κ3) is 4.04. The highest BCUT2D eigenvalue weighted by Crippen LogP contribution is 2.63. The predicted octanol–water partition coefficient (Wildman–Crippen LogP) is 3.39. The molecule has 0 aromatic heterocycles. The molecule has 188 valence electrons. The molecule has 1 saturated carbocycles. The molecule has 0 radical (unpaired) electrons. The molecule has 8 heteroatoms.